The summed E-state index contributed by atoms with van der Waals surface area (Å²) in [5, 5.41) is 3.46. The van der Waals surface area contributed by atoms with Crippen molar-refractivity contribution in [2.24, 2.45) is 62.6 Å². The number of methoxy groups -OCH3 is 1. The summed E-state index contributed by atoms with van der Waals surface area (Å²) in [6, 6.07) is 8.31. The number of nitrogens with one attached hydrogen (secondary N) is 1. The number of nitrogens with zero attached hydrogens (tertiary/aromatic N) is 1. The molecule has 5 heteroatoms. The van der Waals surface area contributed by atoms with E-state index in [1.807, 2.05) is 12.1 Å². The first kappa shape index (κ1) is 35.0. The normalized spacial score (nSPS) is 42.2. The fourth-order valence-corrected chi connectivity index (χ4v) is 13.9. The molecule has 47 heavy (non-hydrogen) atoms. The quantitative estimate of drug-likeness (QED) is 0.301. The van der Waals surface area contributed by atoms with Gasteiger partial charge in [0.15, 0.2) is 0 Å². The second-order valence-electron chi connectivity index (χ2n) is 18.9. The van der Waals surface area contributed by atoms with Crippen LogP contribution in [0.2, 0.25) is 0 Å². The van der Waals surface area contributed by atoms with Crippen molar-refractivity contribution >= 4 is 11.9 Å². The molecule has 0 unspecified atom stereocenters. The summed E-state index contributed by atoms with van der Waals surface area (Å²) < 4.78 is 4.97. The highest BCUT2D eigenvalue weighted by Crippen LogP contribution is 2.78. The first-order valence-electron chi connectivity index (χ1n) is 19.2. The molecule has 0 bridgehead atoms. The Kier molecular flexibility index (Phi) is 9.05. The van der Waals surface area contributed by atoms with Gasteiger partial charge in [-0.1, -0.05) is 60.6 Å². The van der Waals surface area contributed by atoms with Crippen molar-refractivity contribution in [2.75, 3.05) is 34.3 Å². The minimum absolute atomic E-state index is 0.180. The highest BCUT2D eigenvalue weighted by atomic mass is 16.5. The third kappa shape index (κ3) is 5.16. The summed E-state index contributed by atoms with van der Waals surface area (Å²) in [6.07, 6.45) is 12.3. The lowest BCUT2D eigenvalue weighted by molar-refractivity contribution is -0.239. The Morgan fingerprint density at radius 1 is 0.851 bits per heavy atom. The number of likely N-dealkylation sites (N-methyl/N-ethyl adjacent to an activating group) is 1. The van der Waals surface area contributed by atoms with Gasteiger partial charge in [0.2, 0.25) is 5.91 Å². The number of fused-ring (bicyclic) bond motifs is 7. The second kappa shape index (κ2) is 12.2. The van der Waals surface area contributed by atoms with Crippen molar-refractivity contribution in [3.63, 3.8) is 0 Å². The number of rotatable bonds is 7. The summed E-state index contributed by atoms with van der Waals surface area (Å²) in [4.78, 5) is 28.6. The zero-order valence-corrected chi connectivity index (χ0v) is 31.5. The fraction of sp³-hybridized carbons (Fsp3) is 0.810. The average Bonchev–Trinajstić information content (AvgIpc) is 3.42. The zero-order chi connectivity index (χ0) is 34.2. The van der Waals surface area contributed by atoms with Crippen molar-refractivity contribution < 1.29 is 14.3 Å². The van der Waals surface area contributed by atoms with Gasteiger partial charge >= 0.3 is 5.97 Å². The summed E-state index contributed by atoms with van der Waals surface area (Å²) in [5.74, 6) is 4.40. The first-order valence-corrected chi connectivity index (χ1v) is 19.2. The maximum atomic E-state index is 14.3. The van der Waals surface area contributed by atoms with Gasteiger partial charge in [-0.15, -0.1) is 0 Å². The predicted molar refractivity (Wildman–Crippen MR) is 191 cm³/mol. The molecule has 0 radical (unpaired) electrons. The number of benzene rings is 1. The van der Waals surface area contributed by atoms with E-state index in [1.165, 1.54) is 64.0 Å². The van der Waals surface area contributed by atoms with E-state index in [0.717, 1.165) is 31.8 Å². The zero-order valence-electron chi connectivity index (χ0n) is 31.5. The third-order valence-corrected chi connectivity index (χ3v) is 16.4. The molecule has 262 valence electrons. The first-order chi connectivity index (χ1) is 22.1. The minimum atomic E-state index is -0.259. The number of carbonyl (C=O) groups is 2. The molecule has 5 saturated carbocycles. The molecule has 5 nitrogen and oxygen atoms in total. The van der Waals surface area contributed by atoms with Gasteiger partial charge in [0.1, 0.15) is 0 Å². The SMILES string of the molecule is COC(=O)c1ccc([C@H]2CC[C@]3(C)[C@H]4CC[C@@H]5[C@H]6[C@H](C(C)C)CC[C@]6(C(=O)NCCN(C)C)CC[C@@]5(C)[C@]4(C)CC[C@H]3C2(C)C)cc1. The Hall–Kier alpha value is -1.88. The highest BCUT2D eigenvalue weighted by molar-refractivity contribution is 5.89. The Bertz CT molecular complexity index is 1340. The largest absolute Gasteiger partial charge is 0.465 e. The van der Waals surface area contributed by atoms with Gasteiger partial charge in [-0.3, -0.25) is 4.79 Å². The van der Waals surface area contributed by atoms with Crippen molar-refractivity contribution in [1.82, 2.24) is 10.2 Å². The van der Waals surface area contributed by atoms with Crippen LogP contribution in [0.25, 0.3) is 0 Å². The van der Waals surface area contributed by atoms with Crippen LogP contribution in [0.3, 0.4) is 0 Å². The molecule has 5 aliphatic carbocycles. The van der Waals surface area contributed by atoms with Gasteiger partial charge in [-0.2, -0.15) is 0 Å². The van der Waals surface area contributed by atoms with Crippen LogP contribution < -0.4 is 5.32 Å². The van der Waals surface area contributed by atoms with E-state index in [1.54, 1.807) is 0 Å². The molecular weight excluding hydrogens is 580 g/mol. The molecule has 0 heterocycles. The maximum absolute atomic E-state index is 14.3. The van der Waals surface area contributed by atoms with Crippen molar-refractivity contribution in [1.29, 1.82) is 0 Å². The molecule has 1 aromatic rings. The maximum Gasteiger partial charge on any atom is 0.337 e. The van der Waals surface area contributed by atoms with E-state index < -0.39 is 0 Å². The average molecular weight is 647 g/mol. The highest BCUT2D eigenvalue weighted by Gasteiger charge is 2.72. The Labute approximate surface area is 286 Å². The van der Waals surface area contributed by atoms with Crippen LogP contribution in [0, 0.1) is 62.6 Å². The van der Waals surface area contributed by atoms with E-state index in [-0.39, 0.29) is 22.2 Å². The molecule has 1 N–H and O–H groups in total. The molecule has 1 aromatic carbocycles. The van der Waals surface area contributed by atoms with Crippen LogP contribution >= 0.6 is 0 Å². The molecule has 0 spiro atoms. The van der Waals surface area contributed by atoms with Gasteiger partial charge in [0.25, 0.3) is 0 Å². The molecule has 6 rings (SSSR count). The van der Waals surface area contributed by atoms with Crippen LogP contribution in [0.4, 0.5) is 0 Å². The van der Waals surface area contributed by atoms with Gasteiger partial charge in [0.05, 0.1) is 18.1 Å². The van der Waals surface area contributed by atoms with Crippen molar-refractivity contribution in [3.05, 3.63) is 35.4 Å². The smallest absolute Gasteiger partial charge is 0.337 e. The lowest BCUT2D eigenvalue weighted by atomic mass is 9.31. The van der Waals surface area contributed by atoms with Gasteiger partial charge in [0, 0.05) is 13.1 Å². The lowest BCUT2D eigenvalue weighted by Gasteiger charge is -2.73. The van der Waals surface area contributed by atoms with E-state index in [9.17, 15) is 9.59 Å². The van der Waals surface area contributed by atoms with Crippen LogP contribution in [-0.4, -0.2) is 51.1 Å². The van der Waals surface area contributed by atoms with Crippen LogP contribution in [0.5, 0.6) is 0 Å². The molecule has 10 atom stereocenters. The second-order valence-corrected chi connectivity index (χ2v) is 18.9. The molecule has 1 amide bonds. The van der Waals surface area contributed by atoms with E-state index in [4.69, 9.17) is 4.74 Å². The fourth-order valence-electron chi connectivity index (χ4n) is 13.9. The Morgan fingerprint density at radius 2 is 1.55 bits per heavy atom. The van der Waals surface area contributed by atoms with Crippen molar-refractivity contribution in [2.45, 2.75) is 119 Å². The number of hydrogen-bond acceptors (Lipinski definition) is 4. The Morgan fingerprint density at radius 3 is 2.19 bits per heavy atom. The topological polar surface area (TPSA) is 58.6 Å². The summed E-state index contributed by atoms with van der Waals surface area (Å²) >= 11 is 0. The van der Waals surface area contributed by atoms with Gasteiger partial charge in [-0.25, -0.2) is 4.79 Å². The number of hydrogen-bond donors (Lipinski definition) is 1. The number of esters is 1. The molecule has 0 aromatic heterocycles. The standard InChI is InChI=1S/C42H66N2O3/c1-27(2)30-17-22-42(37(46)43-25-26-44(8)9)24-23-40(6)32(35(30)42)15-16-34-39(5)20-18-31(28-11-13-29(14-12-28)36(45)47-10)38(3,4)33(39)19-21-41(34,40)7/h11-14,27,30-35H,15-26H2,1-10H3,(H,43,46)/t30-,31+,32+,33-,34+,35+,39-,40+,41+,42-/m0/s1. The van der Waals surface area contributed by atoms with Gasteiger partial charge in [-0.05, 0) is 159 Å². The van der Waals surface area contributed by atoms with Crippen LogP contribution in [0.1, 0.15) is 135 Å². The number of ether oxygens (including phenoxy) is 1. The van der Waals surface area contributed by atoms with E-state index in [2.05, 4.69) is 84.9 Å². The molecule has 5 aliphatic rings. The number of amides is 1. The van der Waals surface area contributed by atoms with Crippen LogP contribution in [0.15, 0.2) is 24.3 Å². The lowest BCUT2D eigenvalue weighted by Crippen LogP contribution is -2.67. The van der Waals surface area contributed by atoms with E-state index >= 15 is 0 Å². The summed E-state index contributed by atoms with van der Waals surface area (Å²) in [6.45, 7) is 19.7. The van der Waals surface area contributed by atoms with Crippen molar-refractivity contribution in [3.8, 4) is 0 Å². The molecule has 0 saturated heterocycles. The molecule has 0 aliphatic heterocycles. The molecule has 5 fully saturated rings. The van der Waals surface area contributed by atoms with Gasteiger partial charge < -0.3 is 15.0 Å². The number of carbonyl (C=O) groups excluding carboxylic acids is 2. The predicted octanol–water partition coefficient (Wildman–Crippen LogP) is 8.97. The minimum Gasteiger partial charge on any atom is -0.465 e. The Balaban J connectivity index is 1.29. The third-order valence-electron chi connectivity index (χ3n) is 16.4. The molecular formula is C42H66N2O3. The summed E-state index contributed by atoms with van der Waals surface area (Å²) in [5.41, 5.74) is 2.89. The summed E-state index contributed by atoms with van der Waals surface area (Å²) in [7, 11) is 5.64. The van der Waals surface area contributed by atoms with Crippen LogP contribution in [-0.2, 0) is 9.53 Å². The monoisotopic (exact) mass is 647 g/mol. The van der Waals surface area contributed by atoms with E-state index in [0.29, 0.717) is 57.8 Å².